The van der Waals surface area contributed by atoms with Gasteiger partial charge in [-0.1, -0.05) is 17.3 Å². The number of aromatic nitrogens is 3. The first-order chi connectivity index (χ1) is 11.8. The fourth-order valence-electron chi connectivity index (χ4n) is 2.26. The van der Waals surface area contributed by atoms with Crippen LogP contribution in [0.4, 0.5) is 0 Å². The van der Waals surface area contributed by atoms with Gasteiger partial charge >= 0.3 is 5.88 Å². The molecule has 3 heterocycles. The fraction of sp³-hybridized carbons (Fsp3) is 0.188. The lowest BCUT2D eigenvalue weighted by atomic mass is 10.2. The predicted octanol–water partition coefficient (Wildman–Crippen LogP) is 1.79. The van der Waals surface area contributed by atoms with Crippen LogP contribution in [0.2, 0.25) is 0 Å². The molecule has 1 aliphatic rings. The summed E-state index contributed by atoms with van der Waals surface area (Å²) in [7, 11) is 0. The van der Waals surface area contributed by atoms with Crippen molar-refractivity contribution in [2.45, 2.75) is 12.7 Å². The predicted molar refractivity (Wildman–Crippen MR) is 79.3 cm³/mol. The number of nitrogens with zero attached hydrogens (tertiary/aromatic N) is 3. The van der Waals surface area contributed by atoms with E-state index in [9.17, 15) is 5.21 Å². The average molecular weight is 327 g/mol. The number of rotatable bonds is 4. The van der Waals surface area contributed by atoms with Gasteiger partial charge in [0.15, 0.2) is 24.3 Å². The smallest absolute Gasteiger partial charge is 0.379 e. The van der Waals surface area contributed by atoms with Gasteiger partial charge in [-0.05, 0) is 18.2 Å². The number of pyridine rings is 1. The molecule has 0 aliphatic carbocycles. The molecule has 24 heavy (non-hydrogen) atoms. The Labute approximate surface area is 136 Å². The van der Waals surface area contributed by atoms with Gasteiger partial charge in [-0.15, -0.1) is 4.73 Å². The highest BCUT2D eigenvalue weighted by Crippen LogP contribution is 2.35. The van der Waals surface area contributed by atoms with Crippen LogP contribution in [0.3, 0.4) is 0 Å². The van der Waals surface area contributed by atoms with Crippen molar-refractivity contribution in [2.24, 2.45) is 0 Å². The van der Waals surface area contributed by atoms with Crippen molar-refractivity contribution in [2.75, 3.05) is 6.61 Å². The SMILES string of the molecule is [O-][n+]1ccccc1OCc1noc([C@H]2COc3ccccc3O2)n1. The Morgan fingerprint density at radius 1 is 1.17 bits per heavy atom. The molecule has 0 fully saturated rings. The van der Waals surface area contributed by atoms with E-state index in [1.807, 2.05) is 24.3 Å². The second-order valence-electron chi connectivity index (χ2n) is 5.07. The molecule has 3 aromatic rings. The van der Waals surface area contributed by atoms with Crippen molar-refractivity contribution < 1.29 is 23.5 Å². The summed E-state index contributed by atoms with van der Waals surface area (Å²) < 4.78 is 22.6. The highest BCUT2D eigenvalue weighted by molar-refractivity contribution is 5.40. The van der Waals surface area contributed by atoms with Crippen LogP contribution < -0.4 is 18.9 Å². The Kier molecular flexibility index (Phi) is 3.62. The molecule has 4 rings (SSSR count). The van der Waals surface area contributed by atoms with E-state index in [0.717, 1.165) is 0 Å². The Hall–Kier alpha value is -3.29. The zero-order chi connectivity index (χ0) is 16.4. The zero-order valence-corrected chi connectivity index (χ0v) is 12.5. The van der Waals surface area contributed by atoms with Crippen molar-refractivity contribution in [3.8, 4) is 17.4 Å². The molecule has 1 aromatic carbocycles. The number of ether oxygens (including phenoxy) is 3. The maximum absolute atomic E-state index is 11.5. The summed E-state index contributed by atoms with van der Waals surface area (Å²) >= 11 is 0. The zero-order valence-electron chi connectivity index (χ0n) is 12.5. The summed E-state index contributed by atoms with van der Waals surface area (Å²) in [5.41, 5.74) is 0. The van der Waals surface area contributed by atoms with Gasteiger partial charge in [0.25, 0.3) is 5.89 Å². The topological polar surface area (TPSA) is 93.6 Å². The van der Waals surface area contributed by atoms with Crippen molar-refractivity contribution >= 4 is 0 Å². The van der Waals surface area contributed by atoms with E-state index in [2.05, 4.69) is 10.1 Å². The van der Waals surface area contributed by atoms with Crippen LogP contribution in [0.25, 0.3) is 0 Å². The molecule has 0 amide bonds. The Morgan fingerprint density at radius 2 is 2.00 bits per heavy atom. The minimum Gasteiger partial charge on any atom is -0.616 e. The third-order valence-electron chi connectivity index (χ3n) is 3.41. The van der Waals surface area contributed by atoms with Gasteiger partial charge in [0.1, 0.15) is 6.61 Å². The Morgan fingerprint density at radius 3 is 2.88 bits per heavy atom. The summed E-state index contributed by atoms with van der Waals surface area (Å²) in [6, 6.07) is 12.2. The van der Waals surface area contributed by atoms with Crippen LogP contribution in [0.15, 0.2) is 53.2 Å². The lowest BCUT2D eigenvalue weighted by Crippen LogP contribution is -2.27. The third kappa shape index (κ3) is 2.81. The van der Waals surface area contributed by atoms with Crippen LogP contribution >= 0.6 is 0 Å². The summed E-state index contributed by atoms with van der Waals surface area (Å²) in [6.07, 6.45) is 0.865. The van der Waals surface area contributed by atoms with Crippen molar-refractivity contribution in [3.05, 3.63) is 65.6 Å². The molecular formula is C16H13N3O5. The number of benzene rings is 1. The van der Waals surface area contributed by atoms with Gasteiger partial charge in [-0.3, -0.25) is 0 Å². The molecule has 0 bridgehead atoms. The van der Waals surface area contributed by atoms with E-state index < -0.39 is 6.10 Å². The number of para-hydroxylation sites is 2. The molecule has 1 atom stereocenters. The number of hydrogen-bond acceptors (Lipinski definition) is 7. The monoisotopic (exact) mass is 327 g/mol. The van der Waals surface area contributed by atoms with Crippen LogP contribution in [-0.2, 0) is 6.61 Å². The largest absolute Gasteiger partial charge is 0.616 e. The molecule has 0 saturated carbocycles. The second-order valence-corrected chi connectivity index (χ2v) is 5.07. The fourth-order valence-corrected chi connectivity index (χ4v) is 2.26. The molecule has 0 radical (unpaired) electrons. The molecule has 122 valence electrons. The van der Waals surface area contributed by atoms with Crippen LogP contribution in [0.1, 0.15) is 17.8 Å². The average Bonchev–Trinajstić information content (AvgIpc) is 3.10. The highest BCUT2D eigenvalue weighted by Gasteiger charge is 2.27. The van der Waals surface area contributed by atoms with Gasteiger partial charge in [0.05, 0.1) is 6.07 Å². The summed E-state index contributed by atoms with van der Waals surface area (Å²) in [6.45, 7) is 0.290. The minimum absolute atomic E-state index is 0.0138. The summed E-state index contributed by atoms with van der Waals surface area (Å²) in [5.74, 6) is 2.08. The second kappa shape index (κ2) is 6.07. The molecular weight excluding hydrogens is 314 g/mol. The van der Waals surface area contributed by atoms with Crippen LogP contribution in [0.5, 0.6) is 17.4 Å². The number of hydrogen-bond donors (Lipinski definition) is 0. The van der Waals surface area contributed by atoms with E-state index in [4.69, 9.17) is 18.7 Å². The highest BCUT2D eigenvalue weighted by atomic mass is 16.6. The summed E-state index contributed by atoms with van der Waals surface area (Å²) in [4.78, 5) is 4.23. The first-order valence-electron chi connectivity index (χ1n) is 7.31. The van der Waals surface area contributed by atoms with Crippen LogP contribution in [-0.4, -0.2) is 16.7 Å². The quantitative estimate of drug-likeness (QED) is 0.532. The molecule has 2 aromatic heterocycles. The van der Waals surface area contributed by atoms with Crippen molar-refractivity contribution in [1.82, 2.24) is 10.1 Å². The van der Waals surface area contributed by atoms with Gasteiger partial charge < -0.3 is 23.9 Å². The first-order valence-corrected chi connectivity index (χ1v) is 7.31. The molecule has 8 heteroatoms. The van der Waals surface area contributed by atoms with E-state index in [1.165, 1.54) is 6.20 Å². The lowest BCUT2D eigenvalue weighted by Gasteiger charge is -2.23. The maximum Gasteiger partial charge on any atom is 0.379 e. The number of fused-ring (bicyclic) bond motifs is 1. The van der Waals surface area contributed by atoms with Gasteiger partial charge in [0, 0.05) is 6.07 Å². The Balaban J connectivity index is 1.43. The van der Waals surface area contributed by atoms with Crippen molar-refractivity contribution in [3.63, 3.8) is 0 Å². The van der Waals surface area contributed by atoms with E-state index >= 15 is 0 Å². The molecule has 0 N–H and O–H groups in total. The van der Waals surface area contributed by atoms with Gasteiger partial charge in [0.2, 0.25) is 11.9 Å². The Bertz CT molecular complexity index is 851. The molecule has 0 unspecified atom stereocenters. The maximum atomic E-state index is 11.5. The van der Waals surface area contributed by atoms with Crippen molar-refractivity contribution in [1.29, 1.82) is 0 Å². The molecule has 1 aliphatic heterocycles. The van der Waals surface area contributed by atoms with E-state index in [1.54, 1.807) is 18.2 Å². The van der Waals surface area contributed by atoms with Gasteiger partial charge in [-0.2, -0.15) is 4.98 Å². The van der Waals surface area contributed by atoms with Crippen LogP contribution in [0, 0.1) is 5.21 Å². The van der Waals surface area contributed by atoms with E-state index in [0.29, 0.717) is 27.9 Å². The molecule has 8 nitrogen and oxygen atoms in total. The third-order valence-corrected chi connectivity index (χ3v) is 3.41. The summed E-state index contributed by atoms with van der Waals surface area (Å²) in [5, 5.41) is 15.3. The molecule has 0 spiro atoms. The standard InChI is InChI=1S/C16H13N3O5/c20-19-8-4-3-7-15(19)22-10-14-17-16(24-18-14)13-9-21-11-5-1-2-6-12(11)23-13/h1-8,13H,9-10H2/t13-/m1/s1. The van der Waals surface area contributed by atoms with E-state index in [-0.39, 0.29) is 19.1 Å². The minimum atomic E-state index is -0.484. The van der Waals surface area contributed by atoms with Gasteiger partial charge in [-0.25, -0.2) is 0 Å². The normalized spacial score (nSPS) is 15.9. The molecule has 0 saturated heterocycles. The lowest BCUT2D eigenvalue weighted by molar-refractivity contribution is -0.613. The first kappa shape index (κ1) is 14.3.